The van der Waals surface area contributed by atoms with Crippen LogP contribution in [0.3, 0.4) is 0 Å². The number of piperidine rings is 1. The lowest BCUT2D eigenvalue weighted by atomic mass is 10.1. The molecule has 0 unspecified atom stereocenters. The van der Waals surface area contributed by atoms with Crippen LogP contribution in [0, 0.1) is 0 Å². The van der Waals surface area contributed by atoms with Gasteiger partial charge < -0.3 is 19.1 Å². The molecule has 0 aliphatic carbocycles. The summed E-state index contributed by atoms with van der Waals surface area (Å²) in [6.07, 6.45) is 3.03. The van der Waals surface area contributed by atoms with Gasteiger partial charge in [0.05, 0.1) is 17.4 Å². The lowest BCUT2D eigenvalue weighted by Crippen LogP contribution is -2.48. The number of likely N-dealkylation sites (tertiary alicyclic amines) is 1. The van der Waals surface area contributed by atoms with Crippen molar-refractivity contribution in [3.05, 3.63) is 48.2 Å². The van der Waals surface area contributed by atoms with Crippen LogP contribution in [0.1, 0.15) is 29.8 Å². The molecule has 2 aliphatic rings. The number of benzene rings is 2. The molecular formula is C24H28N4O5S. The van der Waals surface area contributed by atoms with Gasteiger partial charge >= 0.3 is 0 Å². The van der Waals surface area contributed by atoms with Crippen molar-refractivity contribution in [3.63, 3.8) is 0 Å². The average Bonchev–Trinajstić information content (AvgIpc) is 3.32. The van der Waals surface area contributed by atoms with Crippen molar-refractivity contribution in [2.75, 3.05) is 51.3 Å². The summed E-state index contributed by atoms with van der Waals surface area (Å²) in [6, 6.07) is 12.4. The molecule has 3 aromatic rings. The Morgan fingerprint density at radius 2 is 1.74 bits per heavy atom. The highest BCUT2D eigenvalue weighted by molar-refractivity contribution is 7.89. The lowest BCUT2D eigenvalue weighted by Gasteiger charge is -2.35. The van der Waals surface area contributed by atoms with Crippen molar-refractivity contribution in [1.29, 1.82) is 0 Å². The summed E-state index contributed by atoms with van der Waals surface area (Å²) >= 11 is 0. The number of methoxy groups -OCH3 is 1. The summed E-state index contributed by atoms with van der Waals surface area (Å²) in [7, 11) is -2.10. The average molecular weight is 485 g/mol. The number of anilines is 1. The van der Waals surface area contributed by atoms with Gasteiger partial charge in [0.15, 0.2) is 11.3 Å². The molecule has 0 atom stereocenters. The Morgan fingerprint density at radius 1 is 0.971 bits per heavy atom. The monoisotopic (exact) mass is 484 g/mol. The van der Waals surface area contributed by atoms with E-state index in [1.54, 1.807) is 18.1 Å². The van der Waals surface area contributed by atoms with Crippen molar-refractivity contribution in [2.45, 2.75) is 24.2 Å². The Bertz CT molecular complexity index is 1290. The number of amides is 1. The van der Waals surface area contributed by atoms with Gasteiger partial charge in [0, 0.05) is 51.0 Å². The molecular weight excluding hydrogens is 456 g/mol. The molecule has 2 aliphatic heterocycles. The number of sulfonamides is 1. The molecule has 10 heteroatoms. The van der Waals surface area contributed by atoms with Gasteiger partial charge in [-0.3, -0.25) is 4.79 Å². The normalized spacial score (nSPS) is 17.8. The summed E-state index contributed by atoms with van der Waals surface area (Å²) < 4.78 is 39.0. The van der Waals surface area contributed by atoms with Crippen molar-refractivity contribution >= 4 is 32.6 Å². The van der Waals surface area contributed by atoms with E-state index in [-0.39, 0.29) is 16.5 Å². The topological polar surface area (TPSA) is 96.2 Å². The van der Waals surface area contributed by atoms with Crippen molar-refractivity contribution < 1.29 is 22.5 Å². The highest BCUT2D eigenvalue weighted by atomic mass is 32.2. The number of fused-ring (bicyclic) bond motifs is 1. The third-order valence-electron chi connectivity index (χ3n) is 6.58. The zero-order chi connectivity index (χ0) is 23.7. The molecule has 1 aromatic heterocycles. The van der Waals surface area contributed by atoms with E-state index in [0.717, 1.165) is 30.7 Å². The third-order valence-corrected chi connectivity index (χ3v) is 8.48. The number of carbonyl (C=O) groups excluding carboxylic acids is 1. The van der Waals surface area contributed by atoms with Crippen molar-refractivity contribution in [3.8, 4) is 5.75 Å². The maximum Gasteiger partial charge on any atom is 0.276 e. The van der Waals surface area contributed by atoms with E-state index in [0.29, 0.717) is 50.2 Å². The van der Waals surface area contributed by atoms with E-state index in [1.165, 1.54) is 16.4 Å². The van der Waals surface area contributed by atoms with E-state index in [4.69, 9.17) is 9.26 Å². The summed E-state index contributed by atoms with van der Waals surface area (Å²) in [4.78, 5) is 17.0. The van der Waals surface area contributed by atoms with Gasteiger partial charge in [0.2, 0.25) is 10.0 Å². The molecule has 9 nitrogen and oxygen atoms in total. The number of rotatable bonds is 5. The minimum Gasteiger partial charge on any atom is -0.497 e. The van der Waals surface area contributed by atoms with E-state index in [9.17, 15) is 13.2 Å². The quantitative estimate of drug-likeness (QED) is 0.549. The second kappa shape index (κ2) is 9.27. The Labute approximate surface area is 198 Å². The standard InChI is InChI=1S/C24H28N4O5S/c1-32-19-7-5-6-18(16-19)26-12-14-28(15-13-26)34(30,31)20-8-9-22-21(17-20)23(25-33-22)24(29)27-10-3-2-4-11-27/h5-9,16-17H,2-4,10-15H2,1H3. The van der Waals surface area contributed by atoms with Gasteiger partial charge in [0.25, 0.3) is 5.91 Å². The predicted molar refractivity (Wildman–Crippen MR) is 128 cm³/mol. The summed E-state index contributed by atoms with van der Waals surface area (Å²) in [5.74, 6) is 0.560. The number of carbonyl (C=O) groups is 1. The van der Waals surface area contributed by atoms with Crippen LogP contribution < -0.4 is 9.64 Å². The van der Waals surface area contributed by atoms with E-state index in [2.05, 4.69) is 10.1 Å². The van der Waals surface area contributed by atoms with Crippen LogP contribution in [0.15, 0.2) is 51.9 Å². The number of ether oxygens (including phenoxy) is 1. The molecule has 5 rings (SSSR count). The number of piperazine rings is 1. The number of aromatic nitrogens is 1. The highest BCUT2D eigenvalue weighted by Crippen LogP contribution is 2.28. The van der Waals surface area contributed by atoms with Gasteiger partial charge in [-0.15, -0.1) is 0 Å². The minimum absolute atomic E-state index is 0.144. The molecule has 0 radical (unpaired) electrons. The zero-order valence-corrected chi connectivity index (χ0v) is 20.0. The molecule has 34 heavy (non-hydrogen) atoms. The fraction of sp³-hybridized carbons (Fsp3) is 0.417. The van der Waals surface area contributed by atoms with Gasteiger partial charge in [-0.1, -0.05) is 11.2 Å². The Hall–Kier alpha value is -3.11. The first-order valence-corrected chi connectivity index (χ1v) is 13.0. The van der Waals surface area contributed by atoms with Crippen LogP contribution in [-0.2, 0) is 10.0 Å². The molecule has 180 valence electrons. The summed E-state index contributed by atoms with van der Waals surface area (Å²) in [6.45, 7) is 3.23. The molecule has 0 bridgehead atoms. The molecule has 0 saturated carbocycles. The number of hydrogen-bond acceptors (Lipinski definition) is 7. The van der Waals surface area contributed by atoms with Gasteiger partial charge in [-0.25, -0.2) is 8.42 Å². The summed E-state index contributed by atoms with van der Waals surface area (Å²) in [5, 5.41) is 4.41. The van der Waals surface area contributed by atoms with E-state index < -0.39 is 10.0 Å². The Balaban J connectivity index is 1.35. The first-order chi connectivity index (χ1) is 16.5. The van der Waals surface area contributed by atoms with Gasteiger partial charge in [-0.2, -0.15) is 4.31 Å². The van der Waals surface area contributed by atoms with Crippen molar-refractivity contribution in [2.24, 2.45) is 0 Å². The van der Waals surface area contributed by atoms with E-state index >= 15 is 0 Å². The fourth-order valence-corrected chi connectivity index (χ4v) is 6.07. The fourth-order valence-electron chi connectivity index (χ4n) is 4.62. The second-order valence-electron chi connectivity index (χ2n) is 8.63. The minimum atomic E-state index is -3.73. The maximum absolute atomic E-state index is 13.4. The zero-order valence-electron chi connectivity index (χ0n) is 19.1. The summed E-state index contributed by atoms with van der Waals surface area (Å²) in [5.41, 5.74) is 1.59. The predicted octanol–water partition coefficient (Wildman–Crippen LogP) is 2.97. The van der Waals surface area contributed by atoms with Gasteiger partial charge in [-0.05, 0) is 49.6 Å². The molecule has 2 saturated heterocycles. The van der Waals surface area contributed by atoms with Crippen LogP contribution in [-0.4, -0.2) is 75.1 Å². The molecule has 3 heterocycles. The first kappa shape index (κ1) is 22.7. The largest absolute Gasteiger partial charge is 0.497 e. The van der Waals surface area contributed by atoms with Crippen molar-refractivity contribution in [1.82, 2.24) is 14.4 Å². The molecule has 0 spiro atoms. The molecule has 0 N–H and O–H groups in total. The maximum atomic E-state index is 13.4. The van der Waals surface area contributed by atoms with Crippen LogP contribution in [0.5, 0.6) is 5.75 Å². The molecule has 2 aromatic carbocycles. The van der Waals surface area contributed by atoms with Crippen LogP contribution in [0.25, 0.3) is 11.0 Å². The number of nitrogens with zero attached hydrogens (tertiary/aromatic N) is 4. The number of hydrogen-bond donors (Lipinski definition) is 0. The van der Waals surface area contributed by atoms with Gasteiger partial charge in [0.1, 0.15) is 5.75 Å². The smallest absolute Gasteiger partial charge is 0.276 e. The van der Waals surface area contributed by atoms with Crippen LogP contribution >= 0.6 is 0 Å². The Morgan fingerprint density at radius 3 is 2.47 bits per heavy atom. The first-order valence-electron chi connectivity index (χ1n) is 11.6. The molecule has 2 fully saturated rings. The SMILES string of the molecule is COc1cccc(N2CCN(S(=O)(=O)c3ccc4onc(C(=O)N5CCCCC5)c4c3)CC2)c1. The van der Waals surface area contributed by atoms with Crippen LogP contribution in [0.2, 0.25) is 0 Å². The third kappa shape index (κ3) is 4.23. The molecule has 1 amide bonds. The van der Waals surface area contributed by atoms with Crippen LogP contribution in [0.4, 0.5) is 5.69 Å². The lowest BCUT2D eigenvalue weighted by molar-refractivity contribution is 0.0715. The Kier molecular flexibility index (Phi) is 6.18. The second-order valence-corrected chi connectivity index (χ2v) is 10.6. The highest BCUT2D eigenvalue weighted by Gasteiger charge is 2.30. The van der Waals surface area contributed by atoms with E-state index in [1.807, 2.05) is 24.3 Å².